The average Bonchev–Trinajstić information content (AvgIpc) is 3.46. The Balaban J connectivity index is 1.45. The van der Waals surface area contributed by atoms with Gasteiger partial charge in [-0.1, -0.05) is 11.2 Å². The fourth-order valence-electron chi connectivity index (χ4n) is 4.03. The van der Waals surface area contributed by atoms with Crippen molar-refractivity contribution in [2.45, 2.75) is 38.8 Å². The Kier molecular flexibility index (Phi) is 4.55. The second-order valence-electron chi connectivity index (χ2n) is 7.37. The van der Waals surface area contributed by atoms with Gasteiger partial charge < -0.3 is 14.2 Å². The molecule has 0 spiro atoms. The van der Waals surface area contributed by atoms with Crippen molar-refractivity contribution in [1.29, 1.82) is 0 Å². The van der Waals surface area contributed by atoms with E-state index in [0.29, 0.717) is 37.1 Å². The van der Waals surface area contributed by atoms with Gasteiger partial charge in [-0.3, -0.25) is 14.8 Å². The van der Waals surface area contributed by atoms with Crippen LogP contribution < -0.4 is 0 Å². The van der Waals surface area contributed by atoms with Crippen molar-refractivity contribution in [3.8, 4) is 23.0 Å². The van der Waals surface area contributed by atoms with Crippen molar-refractivity contribution in [3.05, 3.63) is 47.4 Å². The summed E-state index contributed by atoms with van der Waals surface area (Å²) in [6, 6.07) is 5.55. The molecule has 8 heteroatoms. The lowest BCUT2D eigenvalue weighted by atomic mass is 9.94. The Morgan fingerprint density at radius 3 is 3.00 bits per heavy atom. The Bertz CT molecular complexity index is 1040. The van der Waals surface area contributed by atoms with Crippen LogP contribution in [0.5, 0.6) is 0 Å². The predicted octanol–water partition coefficient (Wildman–Crippen LogP) is 2.57. The van der Waals surface area contributed by atoms with Gasteiger partial charge in [-0.25, -0.2) is 0 Å². The van der Waals surface area contributed by atoms with Crippen LogP contribution in [0.25, 0.3) is 23.0 Å². The standard InChI is InChI=1S/C21H21N5O3/c1-13-18(19-24-20(29-25-19)16-5-2-3-8-22-16)15-7-9-26(12-14(15)11-23-13)21(27)17-6-4-10-28-17/h2-3,5,8,11,17H,4,6-7,9-10,12H2,1H3/t17-/m1/s1. The predicted molar refractivity (Wildman–Crippen MR) is 104 cm³/mol. The summed E-state index contributed by atoms with van der Waals surface area (Å²) in [5.74, 6) is 0.960. The van der Waals surface area contributed by atoms with Gasteiger partial charge in [0.25, 0.3) is 11.8 Å². The van der Waals surface area contributed by atoms with Crippen molar-refractivity contribution in [1.82, 2.24) is 25.0 Å². The van der Waals surface area contributed by atoms with E-state index >= 15 is 0 Å². The van der Waals surface area contributed by atoms with Gasteiger partial charge in [0.1, 0.15) is 11.8 Å². The van der Waals surface area contributed by atoms with Crippen LogP contribution in [0.3, 0.4) is 0 Å². The molecule has 0 aliphatic carbocycles. The molecule has 0 unspecified atom stereocenters. The van der Waals surface area contributed by atoms with E-state index in [4.69, 9.17) is 9.26 Å². The smallest absolute Gasteiger partial charge is 0.276 e. The molecule has 5 rings (SSSR count). The number of hydrogen-bond acceptors (Lipinski definition) is 7. The van der Waals surface area contributed by atoms with Crippen molar-refractivity contribution in [3.63, 3.8) is 0 Å². The quantitative estimate of drug-likeness (QED) is 0.677. The second kappa shape index (κ2) is 7.36. The molecule has 1 saturated heterocycles. The molecule has 3 aromatic rings. The molecule has 1 fully saturated rings. The average molecular weight is 391 g/mol. The first-order valence-corrected chi connectivity index (χ1v) is 9.84. The molecule has 29 heavy (non-hydrogen) atoms. The molecular formula is C21H21N5O3. The van der Waals surface area contributed by atoms with Gasteiger partial charge in [-0.2, -0.15) is 4.98 Å². The van der Waals surface area contributed by atoms with Crippen LogP contribution in [0.1, 0.15) is 29.7 Å². The molecule has 0 saturated carbocycles. The fraction of sp³-hybridized carbons (Fsp3) is 0.381. The van der Waals surface area contributed by atoms with E-state index in [1.54, 1.807) is 6.20 Å². The Labute approximate surface area is 167 Å². The lowest BCUT2D eigenvalue weighted by Crippen LogP contribution is -2.42. The maximum absolute atomic E-state index is 12.7. The van der Waals surface area contributed by atoms with Crippen LogP contribution in [-0.2, 0) is 22.5 Å². The van der Waals surface area contributed by atoms with Crippen molar-refractivity contribution >= 4 is 5.91 Å². The number of hydrogen-bond donors (Lipinski definition) is 0. The number of pyridine rings is 2. The lowest BCUT2D eigenvalue weighted by molar-refractivity contribution is -0.141. The highest BCUT2D eigenvalue weighted by Gasteiger charge is 2.32. The van der Waals surface area contributed by atoms with E-state index in [2.05, 4.69) is 20.1 Å². The topological polar surface area (TPSA) is 94.2 Å². The number of carbonyl (C=O) groups excluding carboxylic acids is 1. The molecule has 0 bridgehead atoms. The first-order valence-electron chi connectivity index (χ1n) is 9.84. The minimum Gasteiger partial charge on any atom is -0.368 e. The Hall–Kier alpha value is -3.13. The van der Waals surface area contributed by atoms with Crippen molar-refractivity contribution < 1.29 is 14.1 Å². The lowest BCUT2D eigenvalue weighted by Gasteiger charge is -2.31. The summed E-state index contributed by atoms with van der Waals surface area (Å²) in [5.41, 5.74) is 4.51. The summed E-state index contributed by atoms with van der Waals surface area (Å²) in [7, 11) is 0. The van der Waals surface area contributed by atoms with Gasteiger partial charge in [0, 0.05) is 43.3 Å². The van der Waals surface area contributed by atoms with Crippen LogP contribution in [0.2, 0.25) is 0 Å². The van der Waals surface area contributed by atoms with E-state index in [-0.39, 0.29) is 12.0 Å². The van der Waals surface area contributed by atoms with E-state index in [0.717, 1.165) is 41.6 Å². The third kappa shape index (κ3) is 3.29. The zero-order valence-corrected chi connectivity index (χ0v) is 16.2. The number of rotatable bonds is 3. The first kappa shape index (κ1) is 17.9. The molecule has 8 nitrogen and oxygen atoms in total. The maximum atomic E-state index is 12.7. The van der Waals surface area contributed by atoms with E-state index in [1.807, 2.05) is 36.2 Å². The van der Waals surface area contributed by atoms with E-state index in [9.17, 15) is 4.79 Å². The third-order valence-electron chi connectivity index (χ3n) is 5.51. The van der Waals surface area contributed by atoms with Crippen LogP contribution in [0.4, 0.5) is 0 Å². The number of aryl methyl sites for hydroxylation is 1. The number of ether oxygens (including phenoxy) is 1. The Morgan fingerprint density at radius 2 is 2.21 bits per heavy atom. The summed E-state index contributed by atoms with van der Waals surface area (Å²) in [5, 5.41) is 4.18. The molecule has 2 aliphatic heterocycles. The van der Waals surface area contributed by atoms with Gasteiger partial charge >= 0.3 is 0 Å². The van der Waals surface area contributed by atoms with Gasteiger partial charge in [-0.05, 0) is 49.4 Å². The number of aromatic nitrogens is 4. The van der Waals surface area contributed by atoms with Gasteiger partial charge in [0.2, 0.25) is 5.82 Å². The van der Waals surface area contributed by atoms with Crippen LogP contribution in [-0.4, -0.2) is 50.2 Å². The molecule has 1 amide bonds. The summed E-state index contributed by atoms with van der Waals surface area (Å²) < 4.78 is 11.0. The van der Waals surface area contributed by atoms with E-state index < -0.39 is 0 Å². The number of amides is 1. The zero-order valence-electron chi connectivity index (χ0n) is 16.2. The summed E-state index contributed by atoms with van der Waals surface area (Å²) >= 11 is 0. The first-order chi connectivity index (χ1) is 14.2. The largest absolute Gasteiger partial charge is 0.368 e. The molecule has 0 N–H and O–H groups in total. The third-order valence-corrected chi connectivity index (χ3v) is 5.51. The number of fused-ring (bicyclic) bond motifs is 1. The van der Waals surface area contributed by atoms with E-state index in [1.165, 1.54) is 0 Å². The number of nitrogens with zero attached hydrogens (tertiary/aromatic N) is 5. The SMILES string of the molecule is Cc1ncc2c(c1-c1noc(-c3ccccn3)n1)CCN(C(=O)[C@H]1CCCO1)C2. The molecule has 0 radical (unpaired) electrons. The maximum Gasteiger partial charge on any atom is 0.276 e. The molecule has 0 aromatic carbocycles. The van der Waals surface area contributed by atoms with Crippen molar-refractivity contribution in [2.75, 3.05) is 13.2 Å². The van der Waals surface area contributed by atoms with Crippen molar-refractivity contribution in [2.24, 2.45) is 0 Å². The molecule has 1 atom stereocenters. The zero-order chi connectivity index (χ0) is 19.8. The number of carbonyl (C=O) groups is 1. The van der Waals surface area contributed by atoms with Crippen LogP contribution in [0.15, 0.2) is 35.1 Å². The highest BCUT2D eigenvalue weighted by Crippen LogP contribution is 2.32. The minimum absolute atomic E-state index is 0.0762. The normalized spacial score (nSPS) is 18.7. The van der Waals surface area contributed by atoms with Gasteiger partial charge in [-0.15, -0.1) is 0 Å². The minimum atomic E-state index is -0.299. The Morgan fingerprint density at radius 1 is 1.28 bits per heavy atom. The summed E-state index contributed by atoms with van der Waals surface area (Å²) in [4.78, 5) is 28.0. The summed E-state index contributed by atoms with van der Waals surface area (Å²) in [6.07, 6.45) is 5.72. The molecule has 2 aliphatic rings. The second-order valence-corrected chi connectivity index (χ2v) is 7.37. The molecular weight excluding hydrogens is 370 g/mol. The van der Waals surface area contributed by atoms with Crippen LogP contribution in [0, 0.1) is 6.92 Å². The monoisotopic (exact) mass is 391 g/mol. The summed E-state index contributed by atoms with van der Waals surface area (Å²) in [6.45, 7) is 3.78. The molecule has 5 heterocycles. The van der Waals surface area contributed by atoms with Crippen LogP contribution >= 0.6 is 0 Å². The van der Waals surface area contributed by atoms with Gasteiger partial charge in [0.15, 0.2) is 0 Å². The molecule has 3 aromatic heterocycles. The fourth-order valence-corrected chi connectivity index (χ4v) is 4.03. The highest BCUT2D eigenvalue weighted by atomic mass is 16.5. The molecule has 148 valence electrons. The van der Waals surface area contributed by atoms with Gasteiger partial charge in [0.05, 0.1) is 0 Å². The highest BCUT2D eigenvalue weighted by molar-refractivity contribution is 5.81.